The fourth-order valence-electron chi connectivity index (χ4n) is 6.23. The van der Waals surface area contributed by atoms with Gasteiger partial charge in [-0.15, -0.1) is 22.6 Å². The minimum atomic E-state index is -0.731. The van der Waals surface area contributed by atoms with Crippen molar-refractivity contribution in [2.45, 2.75) is 38.1 Å². The van der Waals surface area contributed by atoms with E-state index in [2.05, 4.69) is 77.9 Å². The molecule has 242 valence electrons. The first-order valence-electron chi connectivity index (χ1n) is 15.9. The van der Waals surface area contributed by atoms with Crippen molar-refractivity contribution in [2.75, 3.05) is 42.9 Å². The number of hydrogen-bond donors (Lipinski definition) is 5. The van der Waals surface area contributed by atoms with Crippen molar-refractivity contribution >= 4 is 35.6 Å². The van der Waals surface area contributed by atoms with Gasteiger partial charge in [-0.05, 0) is 96.4 Å². The van der Waals surface area contributed by atoms with Gasteiger partial charge in [0.15, 0.2) is 0 Å². The van der Waals surface area contributed by atoms with E-state index in [9.17, 15) is 9.59 Å². The number of aromatic amines is 1. The Labute approximate surface area is 275 Å². The number of carbonyl (C=O) groups excluding carboxylic acids is 2. The van der Waals surface area contributed by atoms with Crippen LogP contribution in [0.3, 0.4) is 0 Å². The summed E-state index contributed by atoms with van der Waals surface area (Å²) in [5.41, 5.74) is 11.7. The van der Waals surface area contributed by atoms with E-state index < -0.39 is 6.04 Å². The van der Waals surface area contributed by atoms with Gasteiger partial charge in [0.05, 0.1) is 0 Å². The highest BCUT2D eigenvalue weighted by molar-refractivity contribution is 5.97. The van der Waals surface area contributed by atoms with Gasteiger partial charge in [-0.2, -0.15) is 5.21 Å². The first kappa shape index (κ1) is 33.1. The molecule has 6 rings (SSSR count). The van der Waals surface area contributed by atoms with Gasteiger partial charge >= 0.3 is 0 Å². The molecule has 1 saturated heterocycles. The highest BCUT2D eigenvalue weighted by Gasteiger charge is 2.29. The average molecular weight is 644 g/mol. The van der Waals surface area contributed by atoms with Crippen LogP contribution in [0, 0.1) is 11.8 Å². The zero-order valence-corrected chi connectivity index (χ0v) is 26.6. The Bertz CT molecular complexity index is 1530. The number of piperazine rings is 1. The second kappa shape index (κ2) is 15.8. The molecule has 1 aromatic heterocycles. The number of nitrogens with zero attached hydrogens (tertiary/aromatic N) is 4. The minimum absolute atomic E-state index is 0. The molecule has 2 heterocycles. The van der Waals surface area contributed by atoms with Crippen molar-refractivity contribution in [3.8, 4) is 22.5 Å². The lowest BCUT2D eigenvalue weighted by atomic mass is 9.81. The number of nitrogens with two attached hydrogens (primary N) is 1. The summed E-state index contributed by atoms with van der Waals surface area (Å²) in [7, 11) is 0. The average Bonchev–Trinajstić information content (AvgIpc) is 3.64. The molecule has 1 atom stereocenters. The van der Waals surface area contributed by atoms with Crippen molar-refractivity contribution in [2.24, 2.45) is 17.6 Å². The summed E-state index contributed by atoms with van der Waals surface area (Å²) in [4.78, 5) is 29.4. The fraction of sp³-hybridized carbons (Fsp3) is 0.382. The molecule has 2 aliphatic rings. The smallest absolute Gasteiger partial charge is 0.247 e. The highest BCUT2D eigenvalue weighted by atomic mass is 35.5. The lowest BCUT2D eigenvalue weighted by molar-refractivity contribution is -0.130. The molecule has 1 aliphatic carbocycles. The van der Waals surface area contributed by atoms with E-state index in [4.69, 9.17) is 5.73 Å². The Kier molecular flexibility index (Phi) is 11.4. The third-order valence-electron chi connectivity index (χ3n) is 9.02. The highest BCUT2D eigenvalue weighted by Crippen LogP contribution is 2.29. The number of H-pyrrole nitrogens is 1. The second-order valence-corrected chi connectivity index (χ2v) is 12.0. The maximum Gasteiger partial charge on any atom is 0.247 e. The number of aromatic nitrogens is 4. The molecule has 0 bridgehead atoms. The van der Waals surface area contributed by atoms with Crippen molar-refractivity contribution in [3.05, 3.63) is 78.4 Å². The molecule has 12 heteroatoms. The van der Waals surface area contributed by atoms with Crippen LogP contribution in [0.4, 0.5) is 11.4 Å². The predicted octanol–water partition coefficient (Wildman–Crippen LogP) is 3.80. The summed E-state index contributed by atoms with van der Waals surface area (Å²) in [5.74, 6) is 0.503. The number of halogens is 1. The fourth-order valence-corrected chi connectivity index (χ4v) is 6.23. The van der Waals surface area contributed by atoms with Gasteiger partial charge < -0.3 is 26.6 Å². The number of hydrogen-bond acceptors (Lipinski definition) is 8. The Morgan fingerprint density at radius 1 is 0.870 bits per heavy atom. The molecular formula is C34H42ClN9O2. The second-order valence-electron chi connectivity index (χ2n) is 12.0. The Morgan fingerprint density at radius 3 is 2.11 bits per heavy atom. The van der Waals surface area contributed by atoms with E-state index in [1.807, 2.05) is 24.3 Å². The van der Waals surface area contributed by atoms with Crippen LogP contribution in [-0.2, 0) is 16.0 Å². The molecule has 3 aromatic carbocycles. The van der Waals surface area contributed by atoms with E-state index in [1.165, 1.54) is 5.69 Å². The van der Waals surface area contributed by atoms with Crippen molar-refractivity contribution < 1.29 is 9.59 Å². The molecule has 11 nitrogen and oxygen atoms in total. The number of tetrazole rings is 1. The number of anilines is 2. The molecule has 2 amide bonds. The van der Waals surface area contributed by atoms with Gasteiger partial charge in [0.2, 0.25) is 17.6 Å². The van der Waals surface area contributed by atoms with E-state index in [0.29, 0.717) is 30.4 Å². The van der Waals surface area contributed by atoms with Crippen molar-refractivity contribution in [3.63, 3.8) is 0 Å². The lowest BCUT2D eigenvalue weighted by Gasteiger charge is -2.29. The van der Waals surface area contributed by atoms with E-state index in [-0.39, 0.29) is 30.1 Å². The van der Waals surface area contributed by atoms with E-state index in [0.717, 1.165) is 74.1 Å². The van der Waals surface area contributed by atoms with Gasteiger partial charge in [-0.25, -0.2) is 0 Å². The normalized spacial score (nSPS) is 18.7. The molecule has 2 fully saturated rings. The first-order chi connectivity index (χ1) is 22.1. The van der Waals surface area contributed by atoms with Crippen LogP contribution in [0.15, 0.2) is 72.8 Å². The summed E-state index contributed by atoms with van der Waals surface area (Å²) in [6.07, 6.45) is 3.84. The van der Waals surface area contributed by atoms with Crippen LogP contribution in [-0.4, -0.2) is 71.2 Å². The van der Waals surface area contributed by atoms with Gasteiger partial charge in [-0.3, -0.25) is 9.59 Å². The number of nitrogens with one attached hydrogen (secondary N) is 4. The van der Waals surface area contributed by atoms with E-state index >= 15 is 0 Å². The summed E-state index contributed by atoms with van der Waals surface area (Å²) >= 11 is 0. The third kappa shape index (κ3) is 8.28. The molecule has 0 radical (unpaired) electrons. The quantitative estimate of drug-likeness (QED) is 0.175. The van der Waals surface area contributed by atoms with Crippen LogP contribution < -0.4 is 26.6 Å². The predicted molar refractivity (Wildman–Crippen MR) is 183 cm³/mol. The van der Waals surface area contributed by atoms with Crippen LogP contribution in [0.2, 0.25) is 0 Å². The Balaban J connectivity index is 0.00000417. The van der Waals surface area contributed by atoms with Crippen LogP contribution >= 0.6 is 12.4 Å². The van der Waals surface area contributed by atoms with Crippen LogP contribution in [0.1, 0.15) is 31.2 Å². The standard InChI is InChI=1S/C34H41N9O2.ClH/c35-22-24-3-7-28(8-4-24)33(44)38-31(34(45)37-29-13-9-27(10-14-29)32-39-41-42-40-32)21-23-1-5-25(6-2-23)26-11-15-30(16-12-26)43-19-17-36-18-20-43;/h1-2,5-6,9-16,24,28,31,36H,3-4,7-8,17-22,35H2,(H,37,45)(H,38,44)(H,39,40,41,42);1H/t24-,28-,31-;/m0./s1. The summed E-state index contributed by atoms with van der Waals surface area (Å²) in [6, 6.07) is 23.4. The van der Waals surface area contributed by atoms with Crippen LogP contribution in [0.25, 0.3) is 22.5 Å². The molecule has 4 aromatic rings. The third-order valence-corrected chi connectivity index (χ3v) is 9.02. The maximum absolute atomic E-state index is 13.6. The molecule has 0 unspecified atom stereocenters. The molecule has 6 N–H and O–H groups in total. The lowest BCUT2D eigenvalue weighted by Crippen LogP contribution is -2.48. The van der Waals surface area contributed by atoms with Crippen LogP contribution in [0.5, 0.6) is 0 Å². The molecule has 0 spiro atoms. The topological polar surface area (TPSA) is 154 Å². The number of rotatable bonds is 10. The summed E-state index contributed by atoms with van der Waals surface area (Å²) in [6.45, 7) is 4.69. The summed E-state index contributed by atoms with van der Waals surface area (Å²) in [5, 5.41) is 23.5. The zero-order chi connectivity index (χ0) is 31.0. The number of benzene rings is 3. The monoisotopic (exact) mass is 643 g/mol. The SMILES string of the molecule is Cl.NC[C@H]1CC[C@H](C(=O)N[C@@H](Cc2ccc(-c3ccc(N4CCNCC4)cc3)cc2)C(=O)Nc2ccc(-c3nn[nH]n3)cc2)CC1. The molecule has 1 aliphatic heterocycles. The van der Waals surface area contributed by atoms with Gasteiger partial charge in [0.1, 0.15) is 6.04 Å². The van der Waals surface area contributed by atoms with Crippen molar-refractivity contribution in [1.82, 2.24) is 31.3 Å². The molecule has 46 heavy (non-hydrogen) atoms. The van der Waals surface area contributed by atoms with Gasteiger partial charge in [-0.1, -0.05) is 36.4 Å². The first-order valence-corrected chi connectivity index (χ1v) is 15.9. The van der Waals surface area contributed by atoms with Gasteiger partial charge in [0.25, 0.3) is 0 Å². The minimum Gasteiger partial charge on any atom is -0.369 e. The van der Waals surface area contributed by atoms with E-state index in [1.54, 1.807) is 12.1 Å². The van der Waals surface area contributed by atoms with Crippen molar-refractivity contribution in [1.29, 1.82) is 0 Å². The largest absolute Gasteiger partial charge is 0.369 e. The number of carbonyl (C=O) groups is 2. The Morgan fingerprint density at radius 2 is 1.50 bits per heavy atom. The zero-order valence-electron chi connectivity index (χ0n) is 25.8. The summed E-state index contributed by atoms with van der Waals surface area (Å²) < 4.78 is 0. The molecular weight excluding hydrogens is 602 g/mol. The number of amides is 2. The Hall–Kier alpha value is -4.32. The molecule has 1 saturated carbocycles. The van der Waals surface area contributed by atoms with Gasteiger partial charge in [0, 0.05) is 55.5 Å². The maximum atomic E-state index is 13.6.